The summed E-state index contributed by atoms with van der Waals surface area (Å²) < 4.78 is 0. The number of hydrogen-bond acceptors (Lipinski definition) is 9. The Hall–Kier alpha value is -0.738. The average Bonchev–Trinajstić information content (AvgIpc) is 1.54. The summed E-state index contributed by atoms with van der Waals surface area (Å²) in [6, 6.07) is 0. The van der Waals surface area contributed by atoms with E-state index in [0.29, 0.717) is 0 Å². The fourth-order valence-corrected chi connectivity index (χ4v) is 0. The molecule has 0 rings (SSSR count). The Balaban J connectivity index is -0.0000000270. The molecule has 0 N–H and O–H groups in total. The summed E-state index contributed by atoms with van der Waals surface area (Å²) in [6.45, 7) is 0. The van der Waals surface area contributed by atoms with Crippen molar-refractivity contribution >= 4 is 0 Å². The predicted molar refractivity (Wildman–Crippen MR) is 31.1 cm³/mol. The van der Waals surface area contributed by atoms with Crippen LogP contribution in [0.2, 0.25) is 0 Å². The molecule has 0 amide bonds. The van der Waals surface area contributed by atoms with E-state index in [1.165, 1.54) is 0 Å². The van der Waals surface area contributed by atoms with E-state index in [2.05, 4.69) is 0 Å². The Morgan fingerprint density at radius 1 is 0.571 bits per heavy atom. The van der Waals surface area contributed by atoms with Gasteiger partial charge in [0.15, 0.2) is 0 Å². The summed E-state index contributed by atoms with van der Waals surface area (Å²) in [7, 11) is 0. The number of rotatable bonds is 0. The summed E-state index contributed by atoms with van der Waals surface area (Å²) in [5, 5.41) is 44.2. The quantitative estimate of drug-likeness (QED) is 0.283. The fourth-order valence-electron chi connectivity index (χ4n) is 0. The van der Waals surface area contributed by atoms with Gasteiger partial charge in [-0.3, -0.25) is 0 Å². The third-order valence-electron chi connectivity index (χ3n) is 0. The van der Waals surface area contributed by atoms with Crippen LogP contribution in [0.15, 0.2) is 0 Å². The van der Waals surface area contributed by atoms with Crippen molar-refractivity contribution in [3.8, 4) is 0 Å². The molecule has 0 bridgehead atoms. The smallest absolute Gasteiger partial charge is 0.356 e. The summed E-state index contributed by atoms with van der Waals surface area (Å²) in [4.78, 5) is 24.8. The van der Waals surface area contributed by atoms with Gasteiger partial charge in [0.25, 0.3) is 0 Å². The van der Waals surface area contributed by atoms with Crippen molar-refractivity contribution in [2.75, 3.05) is 0 Å². The van der Waals surface area contributed by atoms with Crippen LogP contribution in [0.25, 0.3) is 0 Å². The molecule has 12 nitrogen and oxygen atoms in total. The molecule has 0 fully saturated rings. The molecular formula is AgCdN3O9. The zero-order valence-electron chi connectivity index (χ0n) is 6.02. The minimum absolute atomic E-state index is 0. The van der Waals surface area contributed by atoms with Gasteiger partial charge in [-0.05, 0) is 0 Å². The van der Waals surface area contributed by atoms with Gasteiger partial charge < -0.3 is 46.0 Å². The van der Waals surface area contributed by atoms with Crippen LogP contribution in [0.3, 0.4) is 0 Å². The SMILES string of the molecule is O=[N+]([O-])[O-].O=[N+]([O-])[O-].O=[N+]([O-])[O-].[Ag+].[Cd+2]. The molecule has 0 aromatic heterocycles. The Bertz CT molecular complexity index is 118. The second kappa shape index (κ2) is 22.8. The second-order valence-electron chi connectivity index (χ2n) is 0.671. The van der Waals surface area contributed by atoms with E-state index in [0.717, 1.165) is 0 Å². The molecule has 0 aliphatic heterocycles. The molecular weight excluding hydrogens is 406 g/mol. The molecule has 0 heterocycles. The minimum atomic E-state index is -1.75. The van der Waals surface area contributed by atoms with Crippen LogP contribution in [0, 0.1) is 46.0 Å². The van der Waals surface area contributed by atoms with Gasteiger partial charge in [0.1, 0.15) is 0 Å². The van der Waals surface area contributed by atoms with Gasteiger partial charge >= 0.3 is 49.7 Å². The zero-order chi connectivity index (χ0) is 10.7. The second-order valence-corrected chi connectivity index (χ2v) is 0.671. The molecule has 0 unspecified atom stereocenters. The first kappa shape index (κ1) is 29.2. The van der Waals surface area contributed by atoms with E-state index in [1.807, 2.05) is 0 Å². The summed E-state index contributed by atoms with van der Waals surface area (Å²) in [6.07, 6.45) is 0. The molecule has 14 heavy (non-hydrogen) atoms. The van der Waals surface area contributed by atoms with Crippen LogP contribution < -0.4 is 0 Å². The van der Waals surface area contributed by atoms with Crippen molar-refractivity contribution in [1.82, 2.24) is 0 Å². The first-order chi connectivity index (χ1) is 5.20. The molecule has 0 aromatic carbocycles. The average molecular weight is 406 g/mol. The van der Waals surface area contributed by atoms with E-state index >= 15 is 0 Å². The summed E-state index contributed by atoms with van der Waals surface area (Å²) in [5.74, 6) is 0. The van der Waals surface area contributed by atoms with E-state index < -0.39 is 15.3 Å². The van der Waals surface area contributed by atoms with Crippen LogP contribution >= 0.6 is 0 Å². The van der Waals surface area contributed by atoms with Gasteiger partial charge in [0, 0.05) is 0 Å². The van der Waals surface area contributed by atoms with Crippen molar-refractivity contribution in [3.05, 3.63) is 46.0 Å². The molecule has 82 valence electrons. The third-order valence-corrected chi connectivity index (χ3v) is 0. The predicted octanol–water partition coefficient (Wildman–Crippen LogP) is -0.722. The Morgan fingerprint density at radius 2 is 0.571 bits per heavy atom. The maximum Gasteiger partial charge on any atom is 2.00 e. The van der Waals surface area contributed by atoms with Gasteiger partial charge in [0.2, 0.25) is 0 Å². The maximum atomic E-state index is 8.25. The zero-order valence-corrected chi connectivity index (χ0v) is 11.5. The van der Waals surface area contributed by atoms with Crippen molar-refractivity contribution in [1.29, 1.82) is 0 Å². The molecule has 14 heteroatoms. The molecule has 0 aliphatic carbocycles. The molecule has 0 aromatic rings. The van der Waals surface area contributed by atoms with Crippen LogP contribution in [-0.2, 0) is 49.7 Å². The van der Waals surface area contributed by atoms with E-state index in [9.17, 15) is 0 Å². The van der Waals surface area contributed by atoms with Crippen LogP contribution in [0.5, 0.6) is 0 Å². The molecule has 0 saturated carbocycles. The van der Waals surface area contributed by atoms with E-state index in [1.54, 1.807) is 0 Å². The van der Waals surface area contributed by atoms with Crippen molar-refractivity contribution < 1.29 is 64.9 Å². The summed E-state index contributed by atoms with van der Waals surface area (Å²) >= 11 is 0. The van der Waals surface area contributed by atoms with Gasteiger partial charge in [-0.15, -0.1) is 0 Å². The summed E-state index contributed by atoms with van der Waals surface area (Å²) in [5.41, 5.74) is 0. The monoisotopic (exact) mass is 407 g/mol. The van der Waals surface area contributed by atoms with Crippen molar-refractivity contribution in [2.45, 2.75) is 0 Å². The maximum absolute atomic E-state index is 8.25. The van der Waals surface area contributed by atoms with Crippen molar-refractivity contribution in [2.24, 2.45) is 0 Å². The Kier molecular flexibility index (Phi) is 47.5. The molecule has 0 radical (unpaired) electrons. The van der Waals surface area contributed by atoms with Crippen LogP contribution in [-0.4, -0.2) is 15.3 Å². The van der Waals surface area contributed by atoms with Gasteiger partial charge in [-0.1, -0.05) is 0 Å². The minimum Gasteiger partial charge on any atom is -0.356 e. The van der Waals surface area contributed by atoms with Crippen molar-refractivity contribution in [3.63, 3.8) is 0 Å². The van der Waals surface area contributed by atoms with Gasteiger partial charge in [0.05, 0.1) is 15.3 Å². The fraction of sp³-hybridized carbons (Fsp3) is 0. The largest absolute Gasteiger partial charge is 2.00 e. The van der Waals surface area contributed by atoms with E-state index in [4.69, 9.17) is 46.0 Å². The normalized spacial score (nSPS) is 5.14. The molecule has 0 aliphatic rings. The van der Waals surface area contributed by atoms with Crippen LogP contribution in [0.1, 0.15) is 0 Å². The van der Waals surface area contributed by atoms with Gasteiger partial charge in [-0.2, -0.15) is 0 Å². The van der Waals surface area contributed by atoms with Gasteiger partial charge in [-0.25, -0.2) is 0 Å². The Labute approximate surface area is 111 Å². The first-order valence-corrected chi connectivity index (χ1v) is 1.64. The standard InChI is InChI=1S/Ag.Cd.3NO3/c;;3*2-1(3)4/q+1;+2;3*-1. The molecule has 0 atom stereocenters. The third kappa shape index (κ3) is 2180. The van der Waals surface area contributed by atoms with Crippen LogP contribution in [0.4, 0.5) is 0 Å². The molecule has 0 saturated heterocycles. The molecule has 0 spiro atoms. The first-order valence-electron chi connectivity index (χ1n) is 1.64. The number of nitrogens with zero attached hydrogens (tertiary/aromatic N) is 3. The van der Waals surface area contributed by atoms with E-state index in [-0.39, 0.29) is 49.7 Å². The number of hydrogen-bond donors (Lipinski definition) is 0. The Morgan fingerprint density at radius 3 is 0.571 bits per heavy atom. The topological polar surface area (TPSA) is 199 Å².